The number of hydrogen-bond acceptors (Lipinski definition) is 2. The zero-order valence-electron chi connectivity index (χ0n) is 14.0. The standard InChI is InChI=1S/C18H30O2/c1-12-10-15-8-7-9-17(4,5)16(15)11-18(12,6)13(2)20-14(3)19/h12-13H,7-11H2,1-6H3. The Morgan fingerprint density at radius 3 is 2.60 bits per heavy atom. The molecule has 2 aliphatic rings. The minimum atomic E-state index is -0.159. The average Bonchev–Trinajstić information content (AvgIpc) is 2.31. The monoisotopic (exact) mass is 278 g/mol. The molecule has 0 aromatic carbocycles. The zero-order valence-corrected chi connectivity index (χ0v) is 14.0. The topological polar surface area (TPSA) is 26.3 Å². The van der Waals surface area contributed by atoms with Crippen LogP contribution >= 0.6 is 0 Å². The Balaban J connectivity index is 2.30. The molecular weight excluding hydrogens is 248 g/mol. The number of carbonyl (C=O) groups excluding carboxylic acids is 1. The summed E-state index contributed by atoms with van der Waals surface area (Å²) in [5, 5.41) is 0. The van der Waals surface area contributed by atoms with Gasteiger partial charge in [-0.1, -0.05) is 38.8 Å². The van der Waals surface area contributed by atoms with Crippen LogP contribution in [0, 0.1) is 16.7 Å². The van der Waals surface area contributed by atoms with Crippen LogP contribution in [0.4, 0.5) is 0 Å². The van der Waals surface area contributed by atoms with Gasteiger partial charge in [-0.25, -0.2) is 0 Å². The fraction of sp³-hybridized carbons (Fsp3) is 0.833. The Morgan fingerprint density at radius 1 is 1.35 bits per heavy atom. The maximum atomic E-state index is 11.3. The normalized spacial score (nSPS) is 34.4. The highest BCUT2D eigenvalue weighted by atomic mass is 16.5. The first-order valence-electron chi connectivity index (χ1n) is 8.05. The molecule has 0 fully saturated rings. The molecule has 0 aromatic rings. The number of carbonyl (C=O) groups is 1. The molecule has 0 heterocycles. The Kier molecular flexibility index (Phi) is 4.05. The molecule has 20 heavy (non-hydrogen) atoms. The molecule has 0 saturated carbocycles. The second kappa shape index (κ2) is 5.20. The quantitative estimate of drug-likeness (QED) is 0.531. The third kappa shape index (κ3) is 2.66. The Labute approximate surface area is 124 Å². The summed E-state index contributed by atoms with van der Waals surface area (Å²) in [7, 11) is 0. The van der Waals surface area contributed by atoms with Crippen LogP contribution in [0.5, 0.6) is 0 Å². The molecule has 0 N–H and O–H groups in total. The van der Waals surface area contributed by atoms with Crippen molar-refractivity contribution in [1.29, 1.82) is 0 Å². The van der Waals surface area contributed by atoms with E-state index in [1.807, 2.05) is 0 Å². The smallest absolute Gasteiger partial charge is 0.302 e. The number of ether oxygens (including phenoxy) is 1. The van der Waals surface area contributed by atoms with E-state index in [-0.39, 0.29) is 17.5 Å². The zero-order chi connectivity index (χ0) is 15.1. The van der Waals surface area contributed by atoms with E-state index in [1.54, 1.807) is 11.1 Å². The van der Waals surface area contributed by atoms with E-state index < -0.39 is 0 Å². The summed E-state index contributed by atoms with van der Waals surface area (Å²) in [6, 6.07) is 0. The van der Waals surface area contributed by atoms with Crippen LogP contribution < -0.4 is 0 Å². The van der Waals surface area contributed by atoms with Crippen molar-refractivity contribution in [3.8, 4) is 0 Å². The Morgan fingerprint density at radius 2 is 2.00 bits per heavy atom. The lowest BCUT2D eigenvalue weighted by Crippen LogP contribution is -2.44. The maximum absolute atomic E-state index is 11.3. The van der Waals surface area contributed by atoms with Crippen molar-refractivity contribution >= 4 is 5.97 Å². The first-order valence-corrected chi connectivity index (χ1v) is 8.05. The fourth-order valence-corrected chi connectivity index (χ4v) is 4.20. The van der Waals surface area contributed by atoms with Gasteiger partial charge < -0.3 is 4.74 Å². The summed E-state index contributed by atoms with van der Waals surface area (Å²) in [6.07, 6.45) is 6.15. The van der Waals surface area contributed by atoms with Gasteiger partial charge in [-0.05, 0) is 50.4 Å². The highest BCUT2D eigenvalue weighted by Gasteiger charge is 2.46. The van der Waals surface area contributed by atoms with Gasteiger partial charge in [0.05, 0.1) is 0 Å². The molecule has 0 spiro atoms. The molecule has 3 unspecified atom stereocenters. The summed E-state index contributed by atoms with van der Waals surface area (Å²) in [5.74, 6) is 0.415. The van der Waals surface area contributed by atoms with Crippen molar-refractivity contribution in [3.05, 3.63) is 11.1 Å². The highest BCUT2D eigenvalue weighted by Crippen LogP contribution is 2.55. The summed E-state index contributed by atoms with van der Waals surface area (Å²) in [5.41, 5.74) is 3.74. The third-order valence-electron chi connectivity index (χ3n) is 6.03. The van der Waals surface area contributed by atoms with Gasteiger partial charge >= 0.3 is 5.97 Å². The second-order valence-electron chi connectivity index (χ2n) is 7.86. The molecule has 2 aliphatic carbocycles. The minimum Gasteiger partial charge on any atom is -0.462 e. The van der Waals surface area contributed by atoms with E-state index in [0.717, 1.165) is 6.42 Å². The lowest BCUT2D eigenvalue weighted by Gasteiger charge is -2.50. The molecule has 0 aliphatic heterocycles. The largest absolute Gasteiger partial charge is 0.462 e. The minimum absolute atomic E-state index is 0.0122. The molecule has 2 nitrogen and oxygen atoms in total. The summed E-state index contributed by atoms with van der Waals surface area (Å²) >= 11 is 0. The van der Waals surface area contributed by atoms with Gasteiger partial charge in [0.1, 0.15) is 6.10 Å². The summed E-state index contributed by atoms with van der Waals surface area (Å²) in [4.78, 5) is 11.3. The van der Waals surface area contributed by atoms with Crippen molar-refractivity contribution < 1.29 is 9.53 Å². The van der Waals surface area contributed by atoms with Crippen LogP contribution in [-0.2, 0) is 9.53 Å². The number of hydrogen-bond donors (Lipinski definition) is 0. The van der Waals surface area contributed by atoms with Gasteiger partial charge in [0.2, 0.25) is 0 Å². The summed E-state index contributed by atoms with van der Waals surface area (Å²) < 4.78 is 5.55. The van der Waals surface area contributed by atoms with E-state index in [2.05, 4.69) is 34.6 Å². The fourth-order valence-electron chi connectivity index (χ4n) is 4.20. The Bertz CT molecular complexity index is 433. The highest BCUT2D eigenvalue weighted by molar-refractivity contribution is 5.66. The van der Waals surface area contributed by atoms with E-state index in [0.29, 0.717) is 11.3 Å². The number of rotatable bonds is 2. The second-order valence-corrected chi connectivity index (χ2v) is 7.86. The molecular formula is C18H30O2. The van der Waals surface area contributed by atoms with Gasteiger partial charge in [-0.2, -0.15) is 0 Å². The van der Waals surface area contributed by atoms with Gasteiger partial charge in [-0.15, -0.1) is 0 Å². The molecule has 0 amide bonds. The molecule has 0 radical (unpaired) electrons. The van der Waals surface area contributed by atoms with Gasteiger partial charge in [-0.3, -0.25) is 4.79 Å². The van der Waals surface area contributed by atoms with E-state index in [9.17, 15) is 4.79 Å². The molecule has 114 valence electrons. The summed E-state index contributed by atoms with van der Waals surface area (Å²) in [6.45, 7) is 13.0. The van der Waals surface area contributed by atoms with Crippen molar-refractivity contribution in [3.63, 3.8) is 0 Å². The molecule has 2 rings (SSSR count). The van der Waals surface area contributed by atoms with E-state index in [4.69, 9.17) is 4.74 Å². The number of esters is 1. The van der Waals surface area contributed by atoms with Gasteiger partial charge in [0, 0.05) is 12.3 Å². The van der Waals surface area contributed by atoms with Crippen molar-refractivity contribution in [2.45, 2.75) is 79.8 Å². The molecule has 0 saturated heterocycles. The van der Waals surface area contributed by atoms with Crippen molar-refractivity contribution in [2.24, 2.45) is 16.7 Å². The Hall–Kier alpha value is -0.790. The van der Waals surface area contributed by atoms with Crippen LogP contribution in [0.25, 0.3) is 0 Å². The average molecular weight is 278 g/mol. The first-order chi connectivity index (χ1) is 9.17. The van der Waals surface area contributed by atoms with E-state index in [1.165, 1.54) is 32.6 Å². The molecule has 2 heteroatoms. The molecule has 0 bridgehead atoms. The van der Waals surface area contributed by atoms with Crippen molar-refractivity contribution in [1.82, 2.24) is 0 Å². The van der Waals surface area contributed by atoms with Gasteiger partial charge in [0.25, 0.3) is 0 Å². The third-order valence-corrected chi connectivity index (χ3v) is 6.03. The SMILES string of the molecule is CC(=O)OC(C)C1(C)CC2=C(CCCC2(C)C)CC1C. The molecule has 3 atom stereocenters. The van der Waals surface area contributed by atoms with Crippen molar-refractivity contribution in [2.75, 3.05) is 0 Å². The van der Waals surface area contributed by atoms with Crippen LogP contribution in [0.15, 0.2) is 11.1 Å². The van der Waals surface area contributed by atoms with Crippen LogP contribution in [0.2, 0.25) is 0 Å². The lowest BCUT2D eigenvalue weighted by molar-refractivity contribution is -0.154. The number of allylic oxidation sites excluding steroid dienone is 2. The van der Waals surface area contributed by atoms with Crippen LogP contribution in [0.1, 0.15) is 73.6 Å². The van der Waals surface area contributed by atoms with Crippen LogP contribution in [0.3, 0.4) is 0 Å². The maximum Gasteiger partial charge on any atom is 0.302 e. The predicted molar refractivity (Wildman–Crippen MR) is 82.4 cm³/mol. The van der Waals surface area contributed by atoms with E-state index >= 15 is 0 Å². The lowest BCUT2D eigenvalue weighted by atomic mass is 9.57. The van der Waals surface area contributed by atoms with Crippen LogP contribution in [-0.4, -0.2) is 12.1 Å². The van der Waals surface area contributed by atoms with Gasteiger partial charge in [0.15, 0.2) is 0 Å². The first kappa shape index (κ1) is 15.6. The molecule has 0 aromatic heterocycles. The predicted octanol–water partition coefficient (Wildman–Crippen LogP) is 4.88.